The summed E-state index contributed by atoms with van der Waals surface area (Å²) in [5.74, 6) is -0.248. The standard InChI is InChI=1S/C13H21NO3S/c1-4-14-8-12(15)9-18(16,17)13-6-5-10(2)11(3)7-13/h5-7,12,14-15H,4,8-9H2,1-3H3. The van der Waals surface area contributed by atoms with Crippen molar-refractivity contribution in [2.45, 2.75) is 31.8 Å². The van der Waals surface area contributed by atoms with Crippen molar-refractivity contribution in [3.63, 3.8) is 0 Å². The minimum atomic E-state index is -3.42. The van der Waals surface area contributed by atoms with Crippen LogP contribution in [0.4, 0.5) is 0 Å². The average Bonchev–Trinajstić information content (AvgIpc) is 2.29. The predicted molar refractivity (Wildman–Crippen MR) is 72.5 cm³/mol. The van der Waals surface area contributed by atoms with Gasteiger partial charge in [-0.2, -0.15) is 0 Å². The van der Waals surface area contributed by atoms with Crippen LogP contribution >= 0.6 is 0 Å². The van der Waals surface area contributed by atoms with Gasteiger partial charge >= 0.3 is 0 Å². The molecule has 1 aromatic carbocycles. The first-order valence-corrected chi connectivity index (χ1v) is 7.71. The fourth-order valence-electron chi connectivity index (χ4n) is 1.63. The van der Waals surface area contributed by atoms with Crippen molar-refractivity contribution in [2.75, 3.05) is 18.8 Å². The SMILES string of the molecule is CCNCC(O)CS(=O)(=O)c1ccc(C)c(C)c1. The molecule has 0 radical (unpaired) electrons. The lowest BCUT2D eigenvalue weighted by Crippen LogP contribution is -2.32. The maximum absolute atomic E-state index is 12.1. The van der Waals surface area contributed by atoms with E-state index in [1.54, 1.807) is 18.2 Å². The zero-order valence-electron chi connectivity index (χ0n) is 11.1. The van der Waals surface area contributed by atoms with Crippen molar-refractivity contribution in [1.29, 1.82) is 0 Å². The van der Waals surface area contributed by atoms with Crippen LogP contribution in [0.2, 0.25) is 0 Å². The lowest BCUT2D eigenvalue weighted by atomic mass is 10.1. The summed E-state index contributed by atoms with van der Waals surface area (Å²) in [6.45, 7) is 6.72. The Hall–Kier alpha value is -0.910. The van der Waals surface area contributed by atoms with Crippen LogP contribution in [-0.4, -0.2) is 38.5 Å². The van der Waals surface area contributed by atoms with Crippen LogP contribution in [0, 0.1) is 13.8 Å². The molecular weight excluding hydrogens is 250 g/mol. The van der Waals surface area contributed by atoms with Gasteiger partial charge in [0.1, 0.15) is 0 Å². The predicted octanol–water partition coefficient (Wildman–Crippen LogP) is 1.05. The summed E-state index contributed by atoms with van der Waals surface area (Å²) in [6, 6.07) is 5.04. The first-order chi connectivity index (χ1) is 8.36. The van der Waals surface area contributed by atoms with Crippen LogP contribution in [0.3, 0.4) is 0 Å². The number of aryl methyl sites for hydroxylation is 2. The van der Waals surface area contributed by atoms with Crippen LogP contribution in [0.1, 0.15) is 18.1 Å². The number of rotatable bonds is 6. The van der Waals surface area contributed by atoms with Gasteiger partial charge in [0.15, 0.2) is 9.84 Å². The van der Waals surface area contributed by atoms with E-state index in [9.17, 15) is 13.5 Å². The first kappa shape index (κ1) is 15.1. The molecule has 5 heteroatoms. The van der Waals surface area contributed by atoms with E-state index in [0.29, 0.717) is 13.1 Å². The monoisotopic (exact) mass is 271 g/mol. The number of likely N-dealkylation sites (N-methyl/N-ethyl adjacent to an activating group) is 1. The van der Waals surface area contributed by atoms with Gasteiger partial charge in [0.25, 0.3) is 0 Å². The Labute approximate surface area is 109 Å². The van der Waals surface area contributed by atoms with Crippen LogP contribution in [0.15, 0.2) is 23.1 Å². The second-order valence-corrected chi connectivity index (χ2v) is 6.52. The van der Waals surface area contributed by atoms with Gasteiger partial charge in [-0.1, -0.05) is 13.0 Å². The van der Waals surface area contributed by atoms with Crippen molar-refractivity contribution in [3.8, 4) is 0 Å². The highest BCUT2D eigenvalue weighted by Crippen LogP contribution is 2.16. The van der Waals surface area contributed by atoms with Gasteiger partial charge in [-0.25, -0.2) is 8.42 Å². The molecule has 0 aliphatic rings. The van der Waals surface area contributed by atoms with Gasteiger partial charge in [0.05, 0.1) is 16.8 Å². The maximum Gasteiger partial charge on any atom is 0.180 e. The molecule has 0 saturated carbocycles. The lowest BCUT2D eigenvalue weighted by molar-refractivity contribution is 0.194. The first-order valence-electron chi connectivity index (χ1n) is 6.05. The summed E-state index contributed by atoms with van der Waals surface area (Å²) < 4.78 is 24.2. The second kappa shape index (κ2) is 6.31. The van der Waals surface area contributed by atoms with Gasteiger partial charge in [0.2, 0.25) is 0 Å². The lowest BCUT2D eigenvalue weighted by Gasteiger charge is -2.12. The summed E-state index contributed by atoms with van der Waals surface area (Å²) in [5.41, 5.74) is 2.00. The summed E-state index contributed by atoms with van der Waals surface area (Å²) in [6.07, 6.45) is -0.878. The highest BCUT2D eigenvalue weighted by molar-refractivity contribution is 7.91. The Balaban J connectivity index is 2.83. The maximum atomic E-state index is 12.1. The number of aliphatic hydroxyl groups is 1. The van der Waals surface area contributed by atoms with Crippen LogP contribution in [-0.2, 0) is 9.84 Å². The number of benzene rings is 1. The van der Waals surface area contributed by atoms with Crippen LogP contribution < -0.4 is 5.32 Å². The number of nitrogens with one attached hydrogen (secondary N) is 1. The summed E-state index contributed by atoms with van der Waals surface area (Å²) in [7, 11) is -3.42. The van der Waals surface area contributed by atoms with Crippen LogP contribution in [0.25, 0.3) is 0 Å². The molecule has 0 aromatic heterocycles. The molecule has 0 fully saturated rings. The van der Waals surface area contributed by atoms with E-state index in [1.165, 1.54) is 0 Å². The average molecular weight is 271 g/mol. The Morgan fingerprint density at radius 3 is 2.50 bits per heavy atom. The molecule has 1 atom stereocenters. The fraction of sp³-hybridized carbons (Fsp3) is 0.538. The molecule has 0 heterocycles. The highest BCUT2D eigenvalue weighted by Gasteiger charge is 2.19. The van der Waals surface area contributed by atoms with E-state index in [-0.39, 0.29) is 10.6 Å². The van der Waals surface area contributed by atoms with E-state index >= 15 is 0 Å². The smallest absolute Gasteiger partial charge is 0.180 e. The molecule has 2 N–H and O–H groups in total. The second-order valence-electron chi connectivity index (χ2n) is 4.49. The molecule has 0 saturated heterocycles. The third-order valence-corrected chi connectivity index (χ3v) is 4.68. The van der Waals surface area contributed by atoms with Gasteiger partial charge in [-0.15, -0.1) is 0 Å². The molecule has 0 amide bonds. The summed E-state index contributed by atoms with van der Waals surface area (Å²) in [4.78, 5) is 0.279. The van der Waals surface area contributed by atoms with Crippen LogP contribution in [0.5, 0.6) is 0 Å². The topological polar surface area (TPSA) is 66.4 Å². The van der Waals surface area contributed by atoms with Crippen molar-refractivity contribution in [3.05, 3.63) is 29.3 Å². The Kier molecular flexibility index (Phi) is 5.31. The number of aliphatic hydroxyl groups excluding tert-OH is 1. The van der Waals surface area contributed by atoms with E-state index in [2.05, 4.69) is 5.32 Å². The molecule has 0 bridgehead atoms. The molecule has 0 aliphatic heterocycles. The molecule has 18 heavy (non-hydrogen) atoms. The quantitative estimate of drug-likeness (QED) is 0.811. The van der Waals surface area contributed by atoms with Crippen molar-refractivity contribution in [1.82, 2.24) is 5.32 Å². The molecule has 0 aliphatic carbocycles. The third kappa shape index (κ3) is 4.08. The molecule has 1 rings (SSSR count). The number of sulfone groups is 1. The van der Waals surface area contributed by atoms with E-state index in [0.717, 1.165) is 11.1 Å². The summed E-state index contributed by atoms with van der Waals surface area (Å²) in [5, 5.41) is 12.6. The molecular formula is C13H21NO3S. The zero-order chi connectivity index (χ0) is 13.8. The van der Waals surface area contributed by atoms with E-state index in [4.69, 9.17) is 0 Å². The zero-order valence-corrected chi connectivity index (χ0v) is 11.9. The van der Waals surface area contributed by atoms with Gasteiger partial charge in [-0.3, -0.25) is 0 Å². The molecule has 1 aromatic rings. The molecule has 102 valence electrons. The minimum Gasteiger partial charge on any atom is -0.391 e. The normalized spacial score (nSPS) is 13.6. The van der Waals surface area contributed by atoms with Crippen molar-refractivity contribution < 1.29 is 13.5 Å². The Morgan fingerprint density at radius 1 is 1.28 bits per heavy atom. The van der Waals surface area contributed by atoms with Crippen molar-refractivity contribution in [2.24, 2.45) is 0 Å². The Bertz CT molecular complexity index is 497. The number of hydrogen-bond acceptors (Lipinski definition) is 4. The molecule has 0 spiro atoms. The third-order valence-electron chi connectivity index (χ3n) is 2.88. The van der Waals surface area contributed by atoms with E-state index < -0.39 is 15.9 Å². The largest absolute Gasteiger partial charge is 0.391 e. The fourth-order valence-corrected chi connectivity index (χ4v) is 3.08. The number of hydrogen-bond donors (Lipinski definition) is 2. The van der Waals surface area contributed by atoms with E-state index in [1.807, 2.05) is 20.8 Å². The van der Waals surface area contributed by atoms with Gasteiger partial charge < -0.3 is 10.4 Å². The summed E-state index contributed by atoms with van der Waals surface area (Å²) >= 11 is 0. The highest BCUT2D eigenvalue weighted by atomic mass is 32.2. The molecule has 1 unspecified atom stereocenters. The Morgan fingerprint density at radius 2 is 1.94 bits per heavy atom. The minimum absolute atomic E-state index is 0.248. The van der Waals surface area contributed by atoms with Gasteiger partial charge in [0, 0.05) is 6.54 Å². The van der Waals surface area contributed by atoms with Gasteiger partial charge in [-0.05, 0) is 43.7 Å². The molecule has 4 nitrogen and oxygen atoms in total. The van der Waals surface area contributed by atoms with Crippen molar-refractivity contribution >= 4 is 9.84 Å².